The predicted octanol–water partition coefficient (Wildman–Crippen LogP) is 1.31. The highest BCUT2D eigenvalue weighted by atomic mass is 16.5. The molecule has 0 spiro atoms. The second-order valence-corrected chi connectivity index (χ2v) is 2.93. The van der Waals surface area contributed by atoms with E-state index >= 15 is 0 Å². The number of carbonyl (C=O) groups is 1. The molecule has 14 heavy (non-hydrogen) atoms. The fraction of sp³-hybridized carbons (Fsp3) is 0.100. The Morgan fingerprint density at radius 3 is 2.93 bits per heavy atom. The molecule has 2 heterocycles. The number of anilines is 1. The predicted molar refractivity (Wildman–Crippen MR) is 53.1 cm³/mol. The van der Waals surface area contributed by atoms with Crippen molar-refractivity contribution in [2.24, 2.45) is 0 Å². The summed E-state index contributed by atoms with van der Waals surface area (Å²) in [6, 6.07) is 7.06. The zero-order chi connectivity index (χ0) is 10.1. The number of aromatic nitrogens is 1. The van der Waals surface area contributed by atoms with Gasteiger partial charge in [-0.1, -0.05) is 0 Å². The van der Waals surface area contributed by atoms with Crippen LogP contribution >= 0.6 is 0 Å². The highest BCUT2D eigenvalue weighted by molar-refractivity contribution is 5.90. The van der Waals surface area contributed by atoms with E-state index in [1.807, 2.05) is 0 Å². The van der Waals surface area contributed by atoms with Gasteiger partial charge in [0.15, 0.2) is 0 Å². The number of hydrogen-bond acceptors (Lipinski definition) is 3. The van der Waals surface area contributed by atoms with Crippen molar-refractivity contribution in [3.8, 4) is 0 Å². The molecule has 0 aliphatic carbocycles. The van der Waals surface area contributed by atoms with Crippen molar-refractivity contribution in [1.82, 2.24) is 4.40 Å². The van der Waals surface area contributed by atoms with Crippen LogP contribution in [-0.2, 0) is 4.74 Å². The van der Waals surface area contributed by atoms with Crippen molar-refractivity contribution < 1.29 is 9.53 Å². The Morgan fingerprint density at radius 2 is 2.21 bits per heavy atom. The number of ether oxygens (including phenoxy) is 1. The summed E-state index contributed by atoms with van der Waals surface area (Å²) >= 11 is 0. The zero-order valence-electron chi connectivity index (χ0n) is 7.73. The minimum absolute atomic E-state index is 0.365. The van der Waals surface area contributed by atoms with Crippen LogP contribution in [0.5, 0.6) is 0 Å². The van der Waals surface area contributed by atoms with Gasteiger partial charge in [-0.05, 0) is 24.3 Å². The Morgan fingerprint density at radius 1 is 1.43 bits per heavy atom. The number of methoxy groups -OCH3 is 1. The van der Waals surface area contributed by atoms with Gasteiger partial charge in [-0.25, -0.2) is 4.79 Å². The van der Waals surface area contributed by atoms with Gasteiger partial charge in [0, 0.05) is 6.20 Å². The van der Waals surface area contributed by atoms with Crippen molar-refractivity contribution in [1.29, 1.82) is 0 Å². The van der Waals surface area contributed by atoms with E-state index in [1.54, 1.807) is 34.9 Å². The van der Waals surface area contributed by atoms with Crippen LogP contribution in [0.1, 0.15) is 10.5 Å². The van der Waals surface area contributed by atoms with Crippen LogP contribution in [0.4, 0.5) is 5.69 Å². The summed E-state index contributed by atoms with van der Waals surface area (Å²) in [5, 5.41) is 0. The molecule has 0 saturated carbocycles. The molecule has 2 N–H and O–H groups in total. The lowest BCUT2D eigenvalue weighted by molar-refractivity contribution is 0.0593. The van der Waals surface area contributed by atoms with Gasteiger partial charge < -0.3 is 14.9 Å². The van der Waals surface area contributed by atoms with E-state index in [0.717, 1.165) is 5.52 Å². The first-order valence-electron chi connectivity index (χ1n) is 4.18. The van der Waals surface area contributed by atoms with Gasteiger partial charge in [-0.3, -0.25) is 0 Å². The standard InChI is InChI=1S/C10H10N2O2/c1-14-10(13)9-5-4-8-7(11)3-2-6-12(8)9/h2-6H,11H2,1H3. The van der Waals surface area contributed by atoms with Crippen molar-refractivity contribution >= 4 is 17.2 Å². The largest absolute Gasteiger partial charge is 0.464 e. The van der Waals surface area contributed by atoms with E-state index in [-0.39, 0.29) is 5.97 Å². The maximum atomic E-state index is 11.3. The monoisotopic (exact) mass is 190 g/mol. The fourth-order valence-corrected chi connectivity index (χ4v) is 1.43. The maximum Gasteiger partial charge on any atom is 0.355 e. The van der Waals surface area contributed by atoms with Crippen molar-refractivity contribution in [2.75, 3.05) is 12.8 Å². The van der Waals surface area contributed by atoms with Crippen LogP contribution in [-0.4, -0.2) is 17.5 Å². The Hall–Kier alpha value is -1.97. The van der Waals surface area contributed by atoms with Crippen LogP contribution < -0.4 is 5.73 Å². The number of hydrogen-bond donors (Lipinski definition) is 1. The van der Waals surface area contributed by atoms with E-state index in [0.29, 0.717) is 11.4 Å². The van der Waals surface area contributed by atoms with Gasteiger partial charge in [-0.15, -0.1) is 0 Å². The van der Waals surface area contributed by atoms with Crippen LogP contribution in [0.25, 0.3) is 5.52 Å². The van der Waals surface area contributed by atoms with Crippen LogP contribution in [0.3, 0.4) is 0 Å². The summed E-state index contributed by atoms with van der Waals surface area (Å²) in [6.45, 7) is 0. The smallest absolute Gasteiger partial charge is 0.355 e. The molecule has 72 valence electrons. The molecule has 2 rings (SSSR count). The molecule has 0 bridgehead atoms. The minimum Gasteiger partial charge on any atom is -0.464 e. The van der Waals surface area contributed by atoms with Gasteiger partial charge in [0.2, 0.25) is 0 Å². The third-order valence-electron chi connectivity index (χ3n) is 2.12. The molecule has 0 aliphatic rings. The lowest BCUT2D eigenvalue weighted by atomic mass is 10.3. The first-order chi connectivity index (χ1) is 6.74. The molecule has 0 saturated heterocycles. The molecule has 2 aromatic rings. The molecular formula is C10H10N2O2. The highest BCUT2D eigenvalue weighted by Crippen LogP contribution is 2.17. The van der Waals surface area contributed by atoms with E-state index < -0.39 is 0 Å². The molecular weight excluding hydrogens is 180 g/mol. The van der Waals surface area contributed by atoms with E-state index in [4.69, 9.17) is 5.73 Å². The first kappa shape index (κ1) is 8.62. The van der Waals surface area contributed by atoms with Gasteiger partial charge in [-0.2, -0.15) is 0 Å². The Labute approximate surface area is 80.9 Å². The molecule has 4 heteroatoms. The summed E-state index contributed by atoms with van der Waals surface area (Å²) in [7, 11) is 1.36. The third-order valence-corrected chi connectivity index (χ3v) is 2.12. The Balaban J connectivity index is 2.70. The second kappa shape index (κ2) is 3.06. The molecule has 0 amide bonds. The number of fused-ring (bicyclic) bond motifs is 1. The Kier molecular flexibility index (Phi) is 1.89. The number of rotatable bonds is 1. The first-order valence-corrected chi connectivity index (χ1v) is 4.18. The number of esters is 1. The SMILES string of the molecule is COC(=O)c1ccc2c(N)cccn12. The number of carbonyl (C=O) groups excluding carboxylic acids is 1. The van der Waals surface area contributed by atoms with Gasteiger partial charge in [0.25, 0.3) is 0 Å². The highest BCUT2D eigenvalue weighted by Gasteiger charge is 2.11. The van der Waals surface area contributed by atoms with E-state index in [9.17, 15) is 4.79 Å². The quantitative estimate of drug-likeness (QED) is 0.690. The average Bonchev–Trinajstić information content (AvgIpc) is 2.62. The number of nitrogens with two attached hydrogens (primary N) is 1. The summed E-state index contributed by atoms with van der Waals surface area (Å²) in [4.78, 5) is 11.3. The molecule has 4 nitrogen and oxygen atoms in total. The molecule has 0 aromatic carbocycles. The number of nitrogen functional groups attached to an aromatic ring is 1. The topological polar surface area (TPSA) is 56.7 Å². The molecule has 0 aliphatic heterocycles. The summed E-state index contributed by atoms with van der Waals surface area (Å²) in [5.74, 6) is -0.365. The normalized spacial score (nSPS) is 10.4. The molecule has 0 unspecified atom stereocenters. The number of pyridine rings is 1. The van der Waals surface area contributed by atoms with Crippen LogP contribution in [0.15, 0.2) is 30.5 Å². The molecule has 0 atom stereocenters. The van der Waals surface area contributed by atoms with E-state index in [1.165, 1.54) is 7.11 Å². The minimum atomic E-state index is -0.365. The van der Waals surface area contributed by atoms with Gasteiger partial charge >= 0.3 is 5.97 Å². The lowest BCUT2D eigenvalue weighted by Gasteiger charge is -2.01. The van der Waals surface area contributed by atoms with Crippen molar-refractivity contribution in [2.45, 2.75) is 0 Å². The zero-order valence-corrected chi connectivity index (χ0v) is 7.73. The molecule has 0 radical (unpaired) electrons. The fourth-order valence-electron chi connectivity index (χ4n) is 1.43. The Bertz CT molecular complexity index is 488. The third kappa shape index (κ3) is 1.12. The number of nitrogens with zero attached hydrogens (tertiary/aromatic N) is 1. The van der Waals surface area contributed by atoms with Crippen molar-refractivity contribution in [3.63, 3.8) is 0 Å². The lowest BCUT2D eigenvalue weighted by Crippen LogP contribution is -2.05. The average molecular weight is 190 g/mol. The van der Waals surface area contributed by atoms with Gasteiger partial charge in [0.1, 0.15) is 5.69 Å². The summed E-state index contributed by atoms with van der Waals surface area (Å²) < 4.78 is 6.35. The molecule has 0 fully saturated rings. The van der Waals surface area contributed by atoms with Crippen LogP contribution in [0.2, 0.25) is 0 Å². The van der Waals surface area contributed by atoms with E-state index in [2.05, 4.69) is 4.74 Å². The summed E-state index contributed by atoms with van der Waals surface area (Å²) in [5.41, 5.74) is 7.67. The van der Waals surface area contributed by atoms with Crippen molar-refractivity contribution in [3.05, 3.63) is 36.2 Å². The summed E-state index contributed by atoms with van der Waals surface area (Å²) in [6.07, 6.45) is 1.78. The van der Waals surface area contributed by atoms with Crippen LogP contribution in [0, 0.1) is 0 Å². The van der Waals surface area contributed by atoms with Gasteiger partial charge in [0.05, 0.1) is 18.3 Å². The molecule has 2 aromatic heterocycles. The second-order valence-electron chi connectivity index (χ2n) is 2.93. The maximum absolute atomic E-state index is 11.3.